The minimum absolute atomic E-state index is 0.558. The number of anilines is 1. The molecule has 2 N–H and O–H groups in total. The molecule has 0 aliphatic heterocycles. The van der Waals surface area contributed by atoms with Crippen LogP contribution >= 0.6 is 11.8 Å². The van der Waals surface area contributed by atoms with Crippen LogP contribution in [0.25, 0.3) is 0 Å². The lowest BCUT2D eigenvalue weighted by molar-refractivity contribution is 0.405. The summed E-state index contributed by atoms with van der Waals surface area (Å²) in [5.74, 6) is 2.23. The van der Waals surface area contributed by atoms with Crippen molar-refractivity contribution < 1.29 is 4.74 Å². The predicted molar refractivity (Wildman–Crippen MR) is 71.2 cm³/mol. The summed E-state index contributed by atoms with van der Waals surface area (Å²) in [6.45, 7) is 0. The molecule has 1 aromatic heterocycles. The van der Waals surface area contributed by atoms with Crippen molar-refractivity contribution in [1.29, 1.82) is 0 Å². The molecule has 0 atom stereocenters. The zero-order chi connectivity index (χ0) is 12.1. The van der Waals surface area contributed by atoms with E-state index < -0.39 is 0 Å². The molecule has 0 saturated carbocycles. The van der Waals surface area contributed by atoms with Crippen molar-refractivity contribution in [3.8, 4) is 5.75 Å². The first-order chi connectivity index (χ1) is 8.29. The Labute approximate surface area is 105 Å². The Hall–Kier alpha value is -1.68. The number of ether oxygens (including phenoxy) is 1. The molecule has 17 heavy (non-hydrogen) atoms. The van der Waals surface area contributed by atoms with Crippen LogP contribution in [0.4, 0.5) is 5.82 Å². The zero-order valence-electron chi connectivity index (χ0n) is 9.59. The number of hydrogen-bond donors (Lipinski definition) is 1. The van der Waals surface area contributed by atoms with Gasteiger partial charge in [0.15, 0.2) is 0 Å². The van der Waals surface area contributed by atoms with Gasteiger partial charge in [-0.25, -0.2) is 4.98 Å². The van der Waals surface area contributed by atoms with Gasteiger partial charge in [-0.05, 0) is 24.3 Å². The molecule has 0 radical (unpaired) electrons. The van der Waals surface area contributed by atoms with Gasteiger partial charge in [-0.1, -0.05) is 18.2 Å². The third kappa shape index (κ3) is 3.14. The maximum Gasteiger partial charge on any atom is 0.132 e. The topological polar surface area (TPSA) is 48.1 Å². The molecule has 0 aliphatic rings. The fourth-order valence-corrected chi connectivity index (χ4v) is 2.40. The number of aromatic nitrogens is 1. The van der Waals surface area contributed by atoms with E-state index in [1.807, 2.05) is 36.4 Å². The lowest BCUT2D eigenvalue weighted by atomic mass is 10.3. The van der Waals surface area contributed by atoms with Gasteiger partial charge in [-0.15, -0.1) is 11.8 Å². The lowest BCUT2D eigenvalue weighted by Gasteiger charge is -2.07. The Balaban J connectivity index is 2.07. The van der Waals surface area contributed by atoms with Gasteiger partial charge in [0.1, 0.15) is 11.6 Å². The van der Waals surface area contributed by atoms with Crippen LogP contribution in [0.15, 0.2) is 47.4 Å². The second kappa shape index (κ2) is 5.59. The van der Waals surface area contributed by atoms with E-state index in [-0.39, 0.29) is 0 Å². The van der Waals surface area contributed by atoms with E-state index in [4.69, 9.17) is 10.5 Å². The molecule has 0 amide bonds. The van der Waals surface area contributed by atoms with Crippen molar-refractivity contribution in [3.63, 3.8) is 0 Å². The average molecular weight is 246 g/mol. The van der Waals surface area contributed by atoms with Crippen molar-refractivity contribution in [2.24, 2.45) is 0 Å². The number of hydrogen-bond acceptors (Lipinski definition) is 4. The molecule has 1 aromatic carbocycles. The van der Waals surface area contributed by atoms with Crippen LogP contribution in [-0.2, 0) is 5.75 Å². The van der Waals surface area contributed by atoms with Gasteiger partial charge in [0, 0.05) is 10.6 Å². The molecule has 0 bridgehead atoms. The maximum absolute atomic E-state index is 5.64. The van der Waals surface area contributed by atoms with Crippen LogP contribution in [0.3, 0.4) is 0 Å². The van der Waals surface area contributed by atoms with E-state index >= 15 is 0 Å². The highest BCUT2D eigenvalue weighted by atomic mass is 32.2. The van der Waals surface area contributed by atoms with E-state index in [9.17, 15) is 0 Å². The zero-order valence-corrected chi connectivity index (χ0v) is 10.4. The van der Waals surface area contributed by atoms with Crippen molar-refractivity contribution in [3.05, 3.63) is 48.2 Å². The summed E-state index contributed by atoms with van der Waals surface area (Å²) in [6, 6.07) is 13.6. The molecule has 0 aliphatic carbocycles. The number of para-hydroxylation sites is 1. The summed E-state index contributed by atoms with van der Waals surface area (Å²) in [5, 5.41) is 0. The van der Waals surface area contributed by atoms with Gasteiger partial charge < -0.3 is 10.5 Å². The van der Waals surface area contributed by atoms with Crippen LogP contribution in [0, 0.1) is 0 Å². The number of rotatable bonds is 4. The highest BCUT2D eigenvalue weighted by Gasteiger charge is 2.03. The second-order valence-corrected chi connectivity index (χ2v) is 4.51. The number of nitrogens with two attached hydrogens (primary N) is 1. The van der Waals surface area contributed by atoms with Crippen LogP contribution < -0.4 is 10.5 Å². The number of nitrogens with zero attached hydrogens (tertiary/aromatic N) is 1. The lowest BCUT2D eigenvalue weighted by Crippen LogP contribution is -1.93. The summed E-state index contributed by atoms with van der Waals surface area (Å²) in [6.07, 6.45) is 0. The molecule has 88 valence electrons. The highest BCUT2D eigenvalue weighted by Crippen LogP contribution is 2.30. The first kappa shape index (κ1) is 11.8. The van der Waals surface area contributed by atoms with Gasteiger partial charge in [0.2, 0.25) is 0 Å². The quantitative estimate of drug-likeness (QED) is 0.843. The van der Waals surface area contributed by atoms with Crippen LogP contribution in [0.5, 0.6) is 5.75 Å². The summed E-state index contributed by atoms with van der Waals surface area (Å²) < 4.78 is 5.29. The Morgan fingerprint density at radius 3 is 2.76 bits per heavy atom. The van der Waals surface area contributed by atoms with Crippen LogP contribution in [0.2, 0.25) is 0 Å². The van der Waals surface area contributed by atoms with E-state index in [0.29, 0.717) is 5.82 Å². The largest absolute Gasteiger partial charge is 0.496 e. The third-order valence-corrected chi connectivity index (χ3v) is 3.36. The van der Waals surface area contributed by atoms with Crippen LogP contribution in [0.1, 0.15) is 5.69 Å². The number of methoxy groups -OCH3 is 1. The van der Waals surface area contributed by atoms with Gasteiger partial charge in [0.05, 0.1) is 12.8 Å². The molecule has 2 rings (SSSR count). The third-order valence-electron chi connectivity index (χ3n) is 2.27. The molecule has 4 heteroatoms. The van der Waals surface area contributed by atoms with Crippen LogP contribution in [-0.4, -0.2) is 12.1 Å². The fraction of sp³-hybridized carbons (Fsp3) is 0.154. The molecule has 3 nitrogen and oxygen atoms in total. The minimum atomic E-state index is 0.558. The van der Waals surface area contributed by atoms with E-state index in [0.717, 1.165) is 22.1 Å². The monoisotopic (exact) mass is 246 g/mol. The number of pyridine rings is 1. The van der Waals surface area contributed by atoms with Crippen molar-refractivity contribution in [2.75, 3.05) is 12.8 Å². The molecule has 0 spiro atoms. The summed E-state index contributed by atoms with van der Waals surface area (Å²) in [4.78, 5) is 5.37. The predicted octanol–water partition coefficient (Wildman–Crippen LogP) is 2.96. The fourth-order valence-electron chi connectivity index (χ4n) is 1.47. The summed E-state index contributed by atoms with van der Waals surface area (Å²) in [5.41, 5.74) is 6.61. The number of thioether (sulfide) groups is 1. The van der Waals surface area contributed by atoms with E-state index in [1.54, 1.807) is 24.9 Å². The number of benzene rings is 1. The standard InChI is InChI=1S/C13H14N2OS/c1-16-11-6-2-3-7-12(11)17-9-10-5-4-8-13(14)15-10/h2-8H,9H2,1H3,(H2,14,15). The summed E-state index contributed by atoms with van der Waals surface area (Å²) in [7, 11) is 1.68. The van der Waals surface area contributed by atoms with Gasteiger partial charge in [-0.3, -0.25) is 0 Å². The Bertz CT molecular complexity index is 502. The average Bonchev–Trinajstić information content (AvgIpc) is 2.37. The minimum Gasteiger partial charge on any atom is -0.496 e. The molecule has 0 unspecified atom stereocenters. The smallest absolute Gasteiger partial charge is 0.132 e. The molecule has 2 aromatic rings. The maximum atomic E-state index is 5.64. The Kier molecular flexibility index (Phi) is 3.88. The van der Waals surface area contributed by atoms with Gasteiger partial charge >= 0.3 is 0 Å². The molecule has 1 heterocycles. The van der Waals surface area contributed by atoms with Crippen molar-refractivity contribution in [2.45, 2.75) is 10.6 Å². The Morgan fingerprint density at radius 1 is 1.18 bits per heavy atom. The molecule has 0 fully saturated rings. The number of nitrogen functional groups attached to an aromatic ring is 1. The molecular formula is C13H14N2OS. The highest BCUT2D eigenvalue weighted by molar-refractivity contribution is 7.98. The summed E-state index contributed by atoms with van der Waals surface area (Å²) >= 11 is 1.69. The van der Waals surface area contributed by atoms with Gasteiger partial charge in [-0.2, -0.15) is 0 Å². The van der Waals surface area contributed by atoms with E-state index in [1.165, 1.54) is 0 Å². The van der Waals surface area contributed by atoms with Crippen molar-refractivity contribution >= 4 is 17.6 Å². The normalized spacial score (nSPS) is 10.2. The first-order valence-corrected chi connectivity index (χ1v) is 6.25. The van der Waals surface area contributed by atoms with E-state index in [2.05, 4.69) is 4.98 Å². The SMILES string of the molecule is COc1ccccc1SCc1cccc(N)n1. The molecular weight excluding hydrogens is 232 g/mol. The Morgan fingerprint density at radius 2 is 2.00 bits per heavy atom. The van der Waals surface area contributed by atoms with Gasteiger partial charge in [0.25, 0.3) is 0 Å². The van der Waals surface area contributed by atoms with Crippen molar-refractivity contribution in [1.82, 2.24) is 4.98 Å². The molecule has 0 saturated heterocycles. The first-order valence-electron chi connectivity index (χ1n) is 5.27. The second-order valence-electron chi connectivity index (χ2n) is 3.49.